The van der Waals surface area contributed by atoms with Gasteiger partial charge in [0.2, 0.25) is 0 Å². The predicted octanol–water partition coefficient (Wildman–Crippen LogP) is 0.120. The van der Waals surface area contributed by atoms with Crippen molar-refractivity contribution in [3.05, 3.63) is 47.5 Å². The molecule has 0 radical (unpaired) electrons. The number of fused-ring (bicyclic) bond motifs is 1. The van der Waals surface area contributed by atoms with Gasteiger partial charge in [-0.3, -0.25) is 14.2 Å². The van der Waals surface area contributed by atoms with Gasteiger partial charge in [0.25, 0.3) is 5.91 Å². The highest BCUT2D eigenvalue weighted by atomic mass is 32.2. The highest BCUT2D eigenvalue weighted by Gasteiger charge is 2.62. The van der Waals surface area contributed by atoms with Gasteiger partial charge in [-0.2, -0.15) is 8.42 Å². The summed E-state index contributed by atoms with van der Waals surface area (Å²) in [5.41, 5.74) is 0.868. The minimum Gasteiger partial charge on any atom is -0.466 e. The fraction of sp³-hybridized carbons (Fsp3) is 0.312. The Morgan fingerprint density at radius 2 is 1.93 bits per heavy atom. The van der Waals surface area contributed by atoms with Gasteiger partial charge in [-0.15, -0.1) is 0 Å². The average molecular weight is 396 g/mol. The van der Waals surface area contributed by atoms with Gasteiger partial charge in [0, 0.05) is 12.6 Å². The van der Waals surface area contributed by atoms with E-state index in [4.69, 9.17) is 4.74 Å². The van der Waals surface area contributed by atoms with Crippen LogP contribution < -0.4 is 0 Å². The summed E-state index contributed by atoms with van der Waals surface area (Å²) in [6, 6.07) is 6.49. The van der Waals surface area contributed by atoms with Crippen LogP contribution in [0.25, 0.3) is 0 Å². The summed E-state index contributed by atoms with van der Waals surface area (Å²) in [6.45, 7) is -0.254. The fourth-order valence-corrected chi connectivity index (χ4v) is 3.95. The number of ether oxygens (including phenoxy) is 2. The monoisotopic (exact) mass is 396 g/mol. The van der Waals surface area contributed by atoms with E-state index in [0.717, 1.165) is 23.6 Å². The maximum atomic E-state index is 12.4. The van der Waals surface area contributed by atoms with Gasteiger partial charge in [-0.05, 0) is 11.1 Å². The molecular weight excluding hydrogens is 380 g/mol. The Kier molecular flexibility index (Phi) is 4.89. The molecule has 0 saturated carbocycles. The van der Waals surface area contributed by atoms with Crippen molar-refractivity contribution in [2.45, 2.75) is 18.7 Å². The molecule has 0 aliphatic carbocycles. The molecule has 2 aliphatic rings. The van der Waals surface area contributed by atoms with E-state index in [9.17, 15) is 27.4 Å². The van der Waals surface area contributed by atoms with Crippen molar-refractivity contribution < 1.29 is 36.8 Å². The van der Waals surface area contributed by atoms with Gasteiger partial charge in [-0.25, -0.2) is 13.9 Å². The van der Waals surface area contributed by atoms with E-state index in [0.29, 0.717) is 0 Å². The van der Waals surface area contributed by atoms with E-state index >= 15 is 0 Å². The van der Waals surface area contributed by atoms with Crippen LogP contribution in [-0.2, 0) is 36.0 Å². The Balaban J connectivity index is 1.81. The summed E-state index contributed by atoms with van der Waals surface area (Å²) in [5.74, 6) is -1.76. The van der Waals surface area contributed by atoms with E-state index in [1.54, 1.807) is 30.3 Å². The maximum Gasteiger partial charge on any atom is 0.411 e. The molecule has 0 bridgehead atoms. The number of carbonyl (C=O) groups is 3. The standard InChI is InChI=1S/C16H16N2O8S/c1-25-12(19)7-11-8-17(14-13(11)18(15(14)20)27(22,23)24)16(21)26-9-10-5-3-2-4-6-10/h2-7,13-14H,8-9H2,1H3,(H,22,23,24)/t13-,14+/m1/s1. The summed E-state index contributed by atoms with van der Waals surface area (Å²) < 4.78 is 42.0. The number of benzene rings is 1. The Morgan fingerprint density at radius 1 is 1.26 bits per heavy atom. The van der Waals surface area contributed by atoms with Gasteiger partial charge >= 0.3 is 22.4 Å². The molecule has 2 saturated heterocycles. The zero-order chi connectivity index (χ0) is 19.8. The molecule has 1 aromatic rings. The van der Waals surface area contributed by atoms with Crippen molar-refractivity contribution in [1.29, 1.82) is 0 Å². The average Bonchev–Trinajstić information content (AvgIpc) is 2.92. The number of amides is 2. The lowest BCUT2D eigenvalue weighted by atomic mass is 9.96. The van der Waals surface area contributed by atoms with Crippen LogP contribution in [-0.4, -0.2) is 65.9 Å². The lowest BCUT2D eigenvalue weighted by Gasteiger charge is -2.42. The van der Waals surface area contributed by atoms with Gasteiger partial charge < -0.3 is 9.47 Å². The maximum absolute atomic E-state index is 12.4. The molecule has 2 fully saturated rings. The Hall–Kier alpha value is -2.92. The van der Waals surface area contributed by atoms with Crippen molar-refractivity contribution >= 4 is 28.3 Å². The van der Waals surface area contributed by atoms with Crippen LogP contribution in [0.4, 0.5) is 4.79 Å². The van der Waals surface area contributed by atoms with Crippen LogP contribution in [0.2, 0.25) is 0 Å². The largest absolute Gasteiger partial charge is 0.466 e. The van der Waals surface area contributed by atoms with Crippen LogP contribution in [0.1, 0.15) is 5.56 Å². The summed E-state index contributed by atoms with van der Waals surface area (Å²) in [5, 5.41) is 0. The van der Waals surface area contributed by atoms with Crippen LogP contribution in [0.15, 0.2) is 42.0 Å². The Morgan fingerprint density at radius 3 is 2.52 bits per heavy atom. The molecule has 2 aliphatic heterocycles. The second-order valence-corrected chi connectivity index (χ2v) is 7.20. The molecule has 10 nitrogen and oxygen atoms in total. The molecule has 11 heteroatoms. The van der Waals surface area contributed by atoms with Crippen LogP contribution in [0, 0.1) is 0 Å². The topological polar surface area (TPSA) is 131 Å². The summed E-state index contributed by atoms with van der Waals surface area (Å²) in [6.07, 6.45) is 0.151. The van der Waals surface area contributed by atoms with E-state index in [1.165, 1.54) is 0 Å². The number of esters is 1. The van der Waals surface area contributed by atoms with Crippen LogP contribution in [0.3, 0.4) is 0 Å². The van der Waals surface area contributed by atoms with E-state index in [2.05, 4.69) is 4.74 Å². The minimum atomic E-state index is -4.84. The minimum absolute atomic E-state index is 0.0419. The molecule has 144 valence electrons. The Labute approximate surface area is 154 Å². The molecule has 1 aromatic carbocycles. The number of methoxy groups -OCH3 is 1. The van der Waals surface area contributed by atoms with Crippen LogP contribution >= 0.6 is 0 Å². The quantitative estimate of drug-likeness (QED) is 0.329. The number of hydrogen-bond acceptors (Lipinski definition) is 7. The summed E-state index contributed by atoms with van der Waals surface area (Å²) in [7, 11) is -3.71. The van der Waals surface area contributed by atoms with E-state index in [1.807, 2.05) is 0 Å². The van der Waals surface area contributed by atoms with Crippen LogP contribution in [0.5, 0.6) is 0 Å². The van der Waals surface area contributed by atoms with Gasteiger partial charge in [0.05, 0.1) is 7.11 Å². The number of nitrogens with zero attached hydrogens (tertiary/aromatic N) is 2. The smallest absolute Gasteiger partial charge is 0.411 e. The van der Waals surface area contributed by atoms with Gasteiger partial charge in [-0.1, -0.05) is 30.3 Å². The summed E-state index contributed by atoms with van der Waals surface area (Å²) in [4.78, 5) is 37.1. The molecule has 2 heterocycles. The first-order valence-electron chi connectivity index (χ1n) is 7.80. The molecule has 2 amide bonds. The highest BCUT2D eigenvalue weighted by Crippen LogP contribution is 2.39. The van der Waals surface area contributed by atoms with Crippen molar-refractivity contribution in [2.24, 2.45) is 0 Å². The number of rotatable bonds is 4. The van der Waals surface area contributed by atoms with Crippen molar-refractivity contribution in [3.63, 3.8) is 0 Å². The van der Waals surface area contributed by atoms with Crippen molar-refractivity contribution in [3.8, 4) is 0 Å². The zero-order valence-corrected chi connectivity index (χ0v) is 15.0. The normalized spacial score (nSPS) is 23.0. The number of β-lactam (4-membered cyclic amide) rings is 1. The second kappa shape index (κ2) is 7.00. The first kappa shape index (κ1) is 18.9. The fourth-order valence-electron chi connectivity index (χ4n) is 3.07. The van der Waals surface area contributed by atoms with Gasteiger partial charge in [0.15, 0.2) is 0 Å². The lowest BCUT2D eigenvalue weighted by molar-refractivity contribution is -0.143. The molecule has 0 spiro atoms. The van der Waals surface area contributed by atoms with Crippen molar-refractivity contribution in [2.75, 3.05) is 13.7 Å². The SMILES string of the molecule is COC(=O)C=C1CN(C(=O)OCc2ccccc2)[C@@H]2C(=O)N(S(=O)(=O)O)[C@H]12. The first-order valence-corrected chi connectivity index (χ1v) is 9.20. The third-order valence-electron chi connectivity index (χ3n) is 4.28. The van der Waals surface area contributed by atoms with Crippen molar-refractivity contribution in [1.82, 2.24) is 9.21 Å². The molecule has 2 atom stereocenters. The predicted molar refractivity (Wildman–Crippen MR) is 89.4 cm³/mol. The van der Waals surface area contributed by atoms with Gasteiger partial charge in [0.1, 0.15) is 18.7 Å². The third kappa shape index (κ3) is 3.51. The first-order chi connectivity index (χ1) is 12.7. The summed E-state index contributed by atoms with van der Waals surface area (Å²) >= 11 is 0. The highest BCUT2D eigenvalue weighted by molar-refractivity contribution is 7.84. The molecule has 1 N–H and O–H groups in total. The number of likely N-dealkylation sites (tertiary alicyclic amines) is 1. The second-order valence-electron chi connectivity index (χ2n) is 5.91. The molecule has 0 aromatic heterocycles. The number of carbonyl (C=O) groups excluding carboxylic acids is 3. The molecule has 0 unspecified atom stereocenters. The zero-order valence-electron chi connectivity index (χ0n) is 14.1. The van der Waals surface area contributed by atoms with E-state index in [-0.39, 0.29) is 23.0 Å². The molecule has 3 rings (SSSR count). The molecule has 27 heavy (non-hydrogen) atoms. The number of hydrogen-bond donors (Lipinski definition) is 1. The lowest BCUT2D eigenvalue weighted by Crippen LogP contribution is -2.68. The van der Waals surface area contributed by atoms with E-state index < -0.39 is 40.4 Å². The molecular formula is C16H16N2O8S. The Bertz CT molecular complexity index is 912. The third-order valence-corrected chi connectivity index (χ3v) is 5.19.